The Bertz CT molecular complexity index is 710. The number of anilines is 1. The molecule has 0 fully saturated rings. The molecule has 0 aromatic heterocycles. The number of nitrogens with one attached hydrogen (secondary N) is 1. The molecule has 0 aliphatic carbocycles. The fraction of sp³-hybridized carbons (Fsp3) is 0.118. The summed E-state index contributed by atoms with van der Waals surface area (Å²) in [4.78, 5) is 12.2. The maximum atomic E-state index is 12.2. The number of nitrogens with two attached hydrogens (primary N) is 1. The Hall–Kier alpha value is -2.77. The summed E-state index contributed by atoms with van der Waals surface area (Å²) in [7, 11) is 0. The first-order valence-corrected chi connectivity index (χ1v) is 6.50. The van der Waals surface area contributed by atoms with E-state index in [0.29, 0.717) is 17.8 Å². The molecule has 0 saturated carbocycles. The summed E-state index contributed by atoms with van der Waals surface area (Å²) in [5.41, 5.74) is 8.09. The first kappa shape index (κ1) is 14.6. The number of aromatic hydroxyl groups is 1. The SMILES string of the molecule is Cc1cc(O)ccc1C(=O)Nc1ccc(C#CCN)cc1. The number of carbonyl (C=O) groups is 1. The lowest BCUT2D eigenvalue weighted by atomic mass is 10.1. The molecule has 0 saturated heterocycles. The normalized spacial score (nSPS) is 9.62. The summed E-state index contributed by atoms with van der Waals surface area (Å²) >= 11 is 0. The van der Waals surface area contributed by atoms with Crippen LogP contribution < -0.4 is 11.1 Å². The number of hydrogen-bond acceptors (Lipinski definition) is 3. The Balaban J connectivity index is 2.12. The van der Waals surface area contributed by atoms with Crippen molar-refractivity contribution in [2.75, 3.05) is 11.9 Å². The molecule has 0 heterocycles. The van der Waals surface area contributed by atoms with Gasteiger partial charge in [0.25, 0.3) is 5.91 Å². The van der Waals surface area contributed by atoms with Crippen molar-refractivity contribution in [3.8, 4) is 17.6 Å². The van der Waals surface area contributed by atoms with E-state index in [1.54, 1.807) is 31.2 Å². The van der Waals surface area contributed by atoms with Crippen molar-refractivity contribution >= 4 is 11.6 Å². The van der Waals surface area contributed by atoms with Crippen molar-refractivity contribution in [2.24, 2.45) is 5.73 Å². The Labute approximate surface area is 123 Å². The van der Waals surface area contributed by atoms with Crippen LogP contribution in [0.2, 0.25) is 0 Å². The molecule has 2 aromatic rings. The summed E-state index contributed by atoms with van der Waals surface area (Å²) in [5.74, 6) is 5.62. The van der Waals surface area contributed by atoms with Crippen LogP contribution in [0.15, 0.2) is 42.5 Å². The van der Waals surface area contributed by atoms with Gasteiger partial charge in [-0.25, -0.2) is 0 Å². The van der Waals surface area contributed by atoms with Crippen molar-refractivity contribution in [3.63, 3.8) is 0 Å². The van der Waals surface area contributed by atoms with E-state index in [2.05, 4.69) is 17.2 Å². The number of amides is 1. The van der Waals surface area contributed by atoms with Gasteiger partial charge in [0.1, 0.15) is 5.75 Å². The maximum absolute atomic E-state index is 12.2. The molecule has 4 heteroatoms. The molecule has 2 rings (SSSR count). The smallest absolute Gasteiger partial charge is 0.255 e. The second-order valence-corrected chi connectivity index (χ2v) is 4.54. The third-order valence-electron chi connectivity index (χ3n) is 2.93. The second-order valence-electron chi connectivity index (χ2n) is 4.54. The third kappa shape index (κ3) is 3.85. The van der Waals surface area contributed by atoms with Crippen LogP contribution in [0.4, 0.5) is 5.69 Å². The Kier molecular flexibility index (Phi) is 4.60. The lowest BCUT2D eigenvalue weighted by Gasteiger charge is -2.08. The number of aryl methyl sites for hydroxylation is 1. The number of rotatable bonds is 2. The number of phenols is 1. The van der Waals surface area contributed by atoms with E-state index in [9.17, 15) is 9.90 Å². The van der Waals surface area contributed by atoms with E-state index >= 15 is 0 Å². The van der Waals surface area contributed by atoms with E-state index < -0.39 is 0 Å². The van der Waals surface area contributed by atoms with Crippen LogP contribution >= 0.6 is 0 Å². The van der Waals surface area contributed by atoms with Crippen LogP contribution in [0.25, 0.3) is 0 Å². The first-order valence-electron chi connectivity index (χ1n) is 6.50. The molecule has 4 N–H and O–H groups in total. The highest BCUT2D eigenvalue weighted by atomic mass is 16.3. The fourth-order valence-electron chi connectivity index (χ4n) is 1.89. The maximum Gasteiger partial charge on any atom is 0.255 e. The van der Waals surface area contributed by atoms with Crippen LogP contribution in [0.3, 0.4) is 0 Å². The van der Waals surface area contributed by atoms with Gasteiger partial charge >= 0.3 is 0 Å². The van der Waals surface area contributed by atoms with Gasteiger partial charge in [0, 0.05) is 16.8 Å². The van der Waals surface area contributed by atoms with Gasteiger partial charge in [-0.05, 0) is 55.0 Å². The molecule has 0 spiro atoms. The van der Waals surface area contributed by atoms with Gasteiger partial charge in [-0.15, -0.1) is 0 Å². The zero-order chi connectivity index (χ0) is 15.2. The number of phenolic OH excluding ortho intramolecular Hbond substituents is 1. The Morgan fingerprint density at radius 1 is 1.24 bits per heavy atom. The highest BCUT2D eigenvalue weighted by Gasteiger charge is 2.09. The van der Waals surface area contributed by atoms with Crippen molar-refractivity contribution in [3.05, 3.63) is 59.2 Å². The van der Waals surface area contributed by atoms with Gasteiger partial charge in [-0.2, -0.15) is 0 Å². The minimum atomic E-state index is -0.215. The highest BCUT2D eigenvalue weighted by molar-refractivity contribution is 6.05. The molecule has 4 nitrogen and oxygen atoms in total. The zero-order valence-electron chi connectivity index (χ0n) is 11.7. The van der Waals surface area contributed by atoms with E-state index in [1.807, 2.05) is 12.1 Å². The summed E-state index contributed by atoms with van der Waals surface area (Å²) in [5, 5.41) is 12.2. The molecule has 0 unspecified atom stereocenters. The minimum absolute atomic E-state index is 0.145. The van der Waals surface area contributed by atoms with Gasteiger partial charge < -0.3 is 16.2 Å². The molecule has 0 radical (unpaired) electrons. The average molecular weight is 280 g/mol. The monoisotopic (exact) mass is 280 g/mol. The number of benzene rings is 2. The van der Waals surface area contributed by atoms with Crippen LogP contribution in [-0.2, 0) is 0 Å². The van der Waals surface area contributed by atoms with Crippen molar-refractivity contribution in [1.29, 1.82) is 0 Å². The van der Waals surface area contributed by atoms with Gasteiger partial charge in [0.15, 0.2) is 0 Å². The van der Waals surface area contributed by atoms with Crippen molar-refractivity contribution in [1.82, 2.24) is 0 Å². The zero-order valence-corrected chi connectivity index (χ0v) is 11.7. The topological polar surface area (TPSA) is 75.3 Å². The number of hydrogen-bond donors (Lipinski definition) is 3. The van der Waals surface area contributed by atoms with E-state index in [1.165, 1.54) is 6.07 Å². The third-order valence-corrected chi connectivity index (χ3v) is 2.93. The average Bonchev–Trinajstić information content (AvgIpc) is 2.46. The molecule has 106 valence electrons. The second kappa shape index (κ2) is 6.60. The van der Waals surface area contributed by atoms with Gasteiger partial charge in [0.2, 0.25) is 0 Å². The predicted octanol–water partition coefficient (Wildman–Crippen LogP) is 2.26. The van der Waals surface area contributed by atoms with Crippen molar-refractivity contribution in [2.45, 2.75) is 6.92 Å². The van der Waals surface area contributed by atoms with Crippen LogP contribution in [0.5, 0.6) is 5.75 Å². The Morgan fingerprint density at radius 2 is 1.95 bits per heavy atom. The van der Waals surface area contributed by atoms with Gasteiger partial charge in [-0.1, -0.05) is 11.8 Å². The fourth-order valence-corrected chi connectivity index (χ4v) is 1.89. The van der Waals surface area contributed by atoms with E-state index in [0.717, 1.165) is 11.1 Å². The molecular formula is C17H16N2O2. The van der Waals surface area contributed by atoms with Crippen LogP contribution in [0, 0.1) is 18.8 Å². The molecule has 21 heavy (non-hydrogen) atoms. The summed E-state index contributed by atoms with van der Waals surface area (Å²) in [6.07, 6.45) is 0. The molecule has 0 atom stereocenters. The highest BCUT2D eigenvalue weighted by Crippen LogP contribution is 2.17. The molecule has 1 amide bonds. The Morgan fingerprint density at radius 3 is 2.57 bits per heavy atom. The summed E-state index contributed by atoms with van der Waals surface area (Å²) < 4.78 is 0. The molecule has 2 aromatic carbocycles. The quantitative estimate of drug-likeness (QED) is 0.739. The largest absolute Gasteiger partial charge is 0.508 e. The molecule has 0 aliphatic heterocycles. The van der Waals surface area contributed by atoms with Crippen molar-refractivity contribution < 1.29 is 9.90 Å². The lowest BCUT2D eigenvalue weighted by Crippen LogP contribution is -2.13. The van der Waals surface area contributed by atoms with Crippen LogP contribution in [-0.4, -0.2) is 17.6 Å². The van der Waals surface area contributed by atoms with Gasteiger partial charge in [0.05, 0.1) is 6.54 Å². The first-order chi connectivity index (χ1) is 10.1. The minimum Gasteiger partial charge on any atom is -0.508 e. The predicted molar refractivity (Wildman–Crippen MR) is 83.2 cm³/mol. The van der Waals surface area contributed by atoms with E-state index in [4.69, 9.17) is 5.73 Å². The lowest BCUT2D eigenvalue weighted by molar-refractivity contribution is 0.102. The summed E-state index contributed by atoms with van der Waals surface area (Å²) in [6.45, 7) is 2.10. The molecule has 0 bridgehead atoms. The van der Waals surface area contributed by atoms with E-state index in [-0.39, 0.29) is 11.7 Å². The molecule has 0 aliphatic rings. The summed E-state index contributed by atoms with van der Waals surface area (Å²) in [6, 6.07) is 11.9. The van der Waals surface area contributed by atoms with Gasteiger partial charge in [-0.3, -0.25) is 4.79 Å². The standard InChI is InChI=1S/C17H16N2O2/c1-12-11-15(20)8-9-16(12)17(21)19-14-6-4-13(5-7-14)3-2-10-18/h4-9,11,20H,10,18H2,1H3,(H,19,21). The number of carbonyl (C=O) groups excluding carboxylic acids is 1. The molecular weight excluding hydrogens is 264 g/mol. The van der Waals surface area contributed by atoms with Crippen LogP contribution in [0.1, 0.15) is 21.5 Å².